The van der Waals surface area contributed by atoms with Crippen molar-refractivity contribution in [3.63, 3.8) is 0 Å². The molecular weight excluding hydrogens is 662 g/mol. The Morgan fingerprint density at radius 2 is 2.02 bits per heavy atom. The largest absolute Gasteiger partial charge is 0.507 e. The van der Waals surface area contributed by atoms with Crippen LogP contribution in [0.4, 0.5) is 0 Å². The minimum Gasteiger partial charge on any atom is -0.507 e. The molecule has 2 aliphatic carbocycles. The van der Waals surface area contributed by atoms with Crippen LogP contribution in [0.3, 0.4) is 0 Å². The van der Waals surface area contributed by atoms with Crippen LogP contribution in [0.5, 0.6) is 11.5 Å². The molecule has 0 radical (unpaired) electrons. The Balaban J connectivity index is 1.42. The molecule has 2 aromatic rings. The van der Waals surface area contributed by atoms with Crippen LogP contribution < -0.4 is 37.6 Å². The quantitative estimate of drug-likeness (QED) is 0.172. The van der Waals surface area contributed by atoms with Crippen molar-refractivity contribution in [1.29, 1.82) is 0 Å². The highest BCUT2D eigenvalue weighted by Crippen LogP contribution is 2.57. The van der Waals surface area contributed by atoms with Gasteiger partial charge in [0, 0.05) is 66.4 Å². The highest BCUT2D eigenvalue weighted by atomic mass is 16.6. The maximum atomic E-state index is 14.0. The average molecular weight is 708 g/mol. The van der Waals surface area contributed by atoms with Gasteiger partial charge < -0.3 is 51.5 Å². The van der Waals surface area contributed by atoms with Gasteiger partial charge in [0.25, 0.3) is 0 Å². The van der Waals surface area contributed by atoms with Gasteiger partial charge >= 0.3 is 5.97 Å². The number of dihydropyridines is 2. The third kappa shape index (κ3) is 5.31. The van der Waals surface area contributed by atoms with Crippen LogP contribution in [0, 0.1) is 5.92 Å². The van der Waals surface area contributed by atoms with Crippen molar-refractivity contribution in [2.24, 2.45) is 17.4 Å². The van der Waals surface area contributed by atoms with Crippen molar-refractivity contribution in [3.05, 3.63) is 114 Å². The standard InChI is InChI=1S/C40H45N5O7/c1-4-19(16-43-5-2)39(49)51-30-15-26-35(48)34-29(47)14-24(18-46)50-37(34)27-11-21-8-9-44-38(42)33(21)25-7-6-20-10-22-13-31(41)45-17-23(22)12-28(32(20)25)40(30,3)52-36(26)27/h4,7-8,13-14,17,28,30-31,43-46,48H,5-6,9-12,15-16,18,41-42H2,1-3H3. The molecule has 9 N–H and O–H groups in total. The van der Waals surface area contributed by atoms with E-state index < -0.39 is 29.7 Å². The molecule has 52 heavy (non-hydrogen) atoms. The highest BCUT2D eigenvalue weighted by molar-refractivity contribution is 5.92. The Hall–Kier alpha value is -5.04. The van der Waals surface area contributed by atoms with Crippen molar-refractivity contribution in [2.75, 3.05) is 19.6 Å². The number of rotatable bonds is 6. The van der Waals surface area contributed by atoms with Gasteiger partial charge in [-0.1, -0.05) is 30.7 Å². The van der Waals surface area contributed by atoms with Gasteiger partial charge in [-0.25, -0.2) is 4.79 Å². The first-order valence-electron chi connectivity index (χ1n) is 18.0. The lowest BCUT2D eigenvalue weighted by molar-refractivity contribution is -0.162. The molecule has 272 valence electrons. The van der Waals surface area contributed by atoms with Crippen LogP contribution in [0.2, 0.25) is 0 Å². The van der Waals surface area contributed by atoms with E-state index in [-0.39, 0.29) is 47.4 Å². The van der Waals surface area contributed by atoms with Crippen LogP contribution in [0.15, 0.2) is 96.2 Å². The number of nitrogens with two attached hydrogens (primary N) is 2. The van der Waals surface area contributed by atoms with E-state index in [1.54, 1.807) is 13.0 Å². The second-order valence-corrected chi connectivity index (χ2v) is 14.5. The first-order valence-corrected chi connectivity index (χ1v) is 18.0. The predicted octanol–water partition coefficient (Wildman–Crippen LogP) is 3.14. The molecule has 0 spiro atoms. The summed E-state index contributed by atoms with van der Waals surface area (Å²) >= 11 is 0. The normalized spacial score (nSPS) is 26.3. The number of aliphatic hydroxyl groups is 1. The molecule has 0 amide bonds. The molecule has 0 saturated heterocycles. The van der Waals surface area contributed by atoms with Gasteiger partial charge in [0.2, 0.25) is 0 Å². The Morgan fingerprint density at radius 1 is 1.19 bits per heavy atom. The van der Waals surface area contributed by atoms with Crippen LogP contribution in [-0.4, -0.2) is 53.7 Å². The van der Waals surface area contributed by atoms with E-state index in [9.17, 15) is 19.8 Å². The van der Waals surface area contributed by atoms with E-state index in [1.807, 2.05) is 20.0 Å². The molecule has 12 heteroatoms. The monoisotopic (exact) mass is 707 g/mol. The van der Waals surface area contributed by atoms with Crippen molar-refractivity contribution in [2.45, 2.75) is 77.4 Å². The van der Waals surface area contributed by atoms with Crippen molar-refractivity contribution in [3.8, 4) is 11.5 Å². The van der Waals surface area contributed by atoms with E-state index in [4.69, 9.17) is 25.4 Å². The minimum absolute atomic E-state index is 0.0170. The number of hydrogen-bond acceptors (Lipinski definition) is 12. The molecule has 8 rings (SSSR count). The lowest BCUT2D eigenvalue weighted by Crippen LogP contribution is -2.57. The molecule has 4 atom stereocenters. The van der Waals surface area contributed by atoms with E-state index in [0.29, 0.717) is 67.2 Å². The Bertz CT molecular complexity index is 2200. The Labute approximate surface area is 301 Å². The molecular formula is C40H45N5O7. The number of aliphatic hydroxyl groups excluding tert-OH is 1. The number of hydrogen-bond donors (Lipinski definition) is 7. The SMILES string of the molecule is CC=C(CNCC)C(=O)OC1Cc2c3c(c4oc(CO)cc(=O)c4c2O)CC2=CCNC(N)=C2C2=CCC4=C2C(CC2=CNC(N)C=C2C4)C1(C)O3. The van der Waals surface area contributed by atoms with Crippen molar-refractivity contribution in [1.82, 2.24) is 16.0 Å². The molecule has 1 aromatic carbocycles. The number of carbonyl (C=O) groups excluding carboxylic acids is 1. The lowest BCUT2D eigenvalue weighted by Gasteiger charge is -2.48. The third-order valence-electron chi connectivity index (χ3n) is 11.5. The van der Waals surface area contributed by atoms with Gasteiger partial charge in [-0.2, -0.15) is 0 Å². The smallest absolute Gasteiger partial charge is 0.335 e. The predicted molar refractivity (Wildman–Crippen MR) is 196 cm³/mol. The third-order valence-corrected chi connectivity index (χ3v) is 11.5. The fourth-order valence-corrected chi connectivity index (χ4v) is 8.81. The summed E-state index contributed by atoms with van der Waals surface area (Å²) in [5.41, 5.74) is 20.4. The summed E-state index contributed by atoms with van der Waals surface area (Å²) in [5, 5.41) is 31.8. The Kier molecular flexibility index (Phi) is 8.43. The summed E-state index contributed by atoms with van der Waals surface area (Å²) in [6, 6.07) is 1.19. The van der Waals surface area contributed by atoms with Crippen LogP contribution >= 0.6 is 0 Å². The zero-order valence-electron chi connectivity index (χ0n) is 29.7. The number of ether oxygens (including phenoxy) is 2. The van der Waals surface area contributed by atoms with Crippen LogP contribution in [0.25, 0.3) is 11.0 Å². The highest BCUT2D eigenvalue weighted by Gasteiger charge is 2.55. The van der Waals surface area contributed by atoms with Gasteiger partial charge in [-0.3, -0.25) is 4.79 Å². The lowest BCUT2D eigenvalue weighted by atomic mass is 9.69. The summed E-state index contributed by atoms with van der Waals surface area (Å²) in [6.07, 6.45) is 11.2. The number of allylic oxidation sites excluding steroid dienone is 8. The first-order chi connectivity index (χ1) is 25.1. The molecule has 0 saturated carbocycles. The van der Waals surface area contributed by atoms with Gasteiger partial charge in [0.05, 0.1) is 6.17 Å². The number of aromatic hydroxyl groups is 1. The number of esters is 1. The summed E-state index contributed by atoms with van der Waals surface area (Å²) in [5.74, 6) is -0.166. The number of likely N-dealkylation sites (N-methyl/N-ethyl adjacent to an activating group) is 1. The molecule has 2 bridgehead atoms. The fourth-order valence-electron chi connectivity index (χ4n) is 8.81. The number of carbonyl (C=O) groups is 1. The van der Waals surface area contributed by atoms with E-state index in [2.05, 4.69) is 34.2 Å². The molecule has 4 unspecified atom stereocenters. The molecule has 0 fully saturated rings. The van der Waals surface area contributed by atoms with Gasteiger partial charge in [-0.05, 0) is 73.6 Å². The zero-order valence-corrected chi connectivity index (χ0v) is 29.7. The number of benzene rings is 1. The van der Waals surface area contributed by atoms with Crippen LogP contribution in [-0.2, 0) is 29.0 Å². The summed E-state index contributed by atoms with van der Waals surface area (Å²) in [4.78, 5) is 27.6. The maximum absolute atomic E-state index is 14.0. The number of fused-ring (bicyclic) bond motifs is 7. The molecule has 4 aliphatic heterocycles. The molecule has 12 nitrogen and oxygen atoms in total. The fraction of sp³-hybridized carbons (Fsp3) is 0.400. The second-order valence-electron chi connectivity index (χ2n) is 14.5. The van der Waals surface area contributed by atoms with Crippen LogP contribution in [0.1, 0.15) is 56.9 Å². The average Bonchev–Trinajstić information content (AvgIpc) is 3.43. The summed E-state index contributed by atoms with van der Waals surface area (Å²) < 4.78 is 20.0. The van der Waals surface area contributed by atoms with E-state index in [0.717, 1.165) is 33.4 Å². The zero-order chi connectivity index (χ0) is 36.5. The van der Waals surface area contributed by atoms with E-state index in [1.165, 1.54) is 11.6 Å². The maximum Gasteiger partial charge on any atom is 0.335 e. The summed E-state index contributed by atoms with van der Waals surface area (Å²) in [7, 11) is 0. The van der Waals surface area contributed by atoms with E-state index >= 15 is 0 Å². The van der Waals surface area contributed by atoms with Gasteiger partial charge in [0.15, 0.2) is 11.0 Å². The minimum atomic E-state index is -1.19. The molecule has 5 heterocycles. The number of nitrogens with one attached hydrogen (secondary N) is 3. The molecule has 1 aromatic heterocycles. The topological polar surface area (TPSA) is 194 Å². The Morgan fingerprint density at radius 3 is 2.79 bits per heavy atom. The first kappa shape index (κ1) is 34.1. The van der Waals surface area contributed by atoms with Gasteiger partial charge in [-0.15, -0.1) is 0 Å². The van der Waals surface area contributed by atoms with Crippen molar-refractivity contribution >= 4 is 16.9 Å². The molecule has 6 aliphatic rings. The van der Waals surface area contributed by atoms with Crippen molar-refractivity contribution < 1.29 is 28.9 Å². The number of phenolic OH excluding ortho intramolecular Hbond substituents is 1. The second kappa shape index (κ2) is 12.9. The summed E-state index contributed by atoms with van der Waals surface area (Å²) in [6.45, 7) is 6.75. The number of phenols is 1. The van der Waals surface area contributed by atoms with Gasteiger partial charge in [0.1, 0.15) is 46.8 Å².